The molecular weight excluding hydrogens is 166 g/mol. The van der Waals surface area contributed by atoms with Crippen LogP contribution < -0.4 is 29.6 Å². The molecule has 0 radical (unpaired) electrons. The van der Waals surface area contributed by atoms with Crippen LogP contribution in [0.15, 0.2) is 0 Å². The molecule has 0 aromatic rings. The van der Waals surface area contributed by atoms with Gasteiger partial charge in [-0.2, -0.15) is 0 Å². The minimum absolute atomic E-state index is 0. The Kier molecular flexibility index (Phi) is 110. The number of aliphatic carboxylic acids is 1. The molecule has 0 aliphatic carbocycles. The smallest absolute Gasteiger partial charge is 0.870 e. The molecule has 0 aliphatic heterocycles. The summed E-state index contributed by atoms with van der Waals surface area (Å²) in [6.45, 7) is 1.08. The van der Waals surface area contributed by atoms with Crippen LogP contribution in [0.2, 0.25) is 0 Å². The van der Waals surface area contributed by atoms with Gasteiger partial charge in [0.15, 0.2) is 0 Å². The van der Waals surface area contributed by atoms with E-state index in [1.54, 1.807) is 0 Å². The van der Waals surface area contributed by atoms with Gasteiger partial charge in [0.05, 0.1) is 0 Å². The molecule has 0 aromatic carbocycles. The van der Waals surface area contributed by atoms with E-state index in [4.69, 9.17) is 9.90 Å². The van der Waals surface area contributed by atoms with Gasteiger partial charge in [-0.15, -0.1) is 24.8 Å². The summed E-state index contributed by atoms with van der Waals surface area (Å²) in [6.07, 6.45) is 0. The zero-order valence-electron chi connectivity index (χ0n) is 4.62. The van der Waals surface area contributed by atoms with Crippen LogP contribution >= 0.6 is 24.8 Å². The van der Waals surface area contributed by atoms with E-state index in [1.165, 1.54) is 0 Å². The summed E-state index contributed by atoms with van der Waals surface area (Å²) in [5.74, 6) is -0.833. The third kappa shape index (κ3) is 248. The fourth-order valence-electron chi connectivity index (χ4n) is 0. The molecule has 6 heteroatoms. The molecule has 0 bridgehead atoms. The van der Waals surface area contributed by atoms with Crippen LogP contribution in [-0.4, -0.2) is 16.6 Å². The van der Waals surface area contributed by atoms with Crippen molar-refractivity contribution in [3.8, 4) is 0 Å². The van der Waals surface area contributed by atoms with Crippen LogP contribution in [0.4, 0.5) is 0 Å². The van der Waals surface area contributed by atoms with Crippen molar-refractivity contribution in [2.24, 2.45) is 0 Å². The van der Waals surface area contributed by atoms with E-state index >= 15 is 0 Å². The van der Waals surface area contributed by atoms with Gasteiger partial charge in [-0.25, -0.2) is 0 Å². The van der Waals surface area contributed by atoms with Gasteiger partial charge in [-0.1, -0.05) is 0 Å². The first-order valence-electron chi connectivity index (χ1n) is 0.928. The maximum absolute atomic E-state index is 9.00. The minimum atomic E-state index is -0.833. The van der Waals surface area contributed by atoms with Crippen molar-refractivity contribution in [3.05, 3.63) is 0 Å². The van der Waals surface area contributed by atoms with Crippen molar-refractivity contribution in [3.63, 3.8) is 0 Å². The summed E-state index contributed by atoms with van der Waals surface area (Å²) < 4.78 is 0. The summed E-state index contributed by atoms with van der Waals surface area (Å²) in [6, 6.07) is 0. The van der Waals surface area contributed by atoms with E-state index in [9.17, 15) is 0 Å². The van der Waals surface area contributed by atoms with Crippen LogP contribution in [0.25, 0.3) is 0 Å². The molecule has 0 heterocycles. The second-order valence-corrected chi connectivity index (χ2v) is 0.519. The third-order valence-electron chi connectivity index (χ3n) is 0. The predicted molar refractivity (Wildman–Crippen MR) is 29.7 cm³/mol. The monoisotopic (exact) mass is 172 g/mol. The fraction of sp³-hybridized carbons (Fsp3) is 0.500. The molecule has 0 saturated heterocycles. The topological polar surface area (TPSA) is 67.3 Å². The van der Waals surface area contributed by atoms with Crippen molar-refractivity contribution in [1.29, 1.82) is 0 Å². The van der Waals surface area contributed by atoms with Crippen LogP contribution in [0.1, 0.15) is 6.92 Å². The van der Waals surface area contributed by atoms with E-state index in [0.29, 0.717) is 0 Å². The number of halogens is 2. The first-order chi connectivity index (χ1) is 1.73. The fourth-order valence-corrected chi connectivity index (χ4v) is 0. The SMILES string of the molecule is CC(=O)O.Cl.Cl.[Na+].[OH-]. The van der Waals surface area contributed by atoms with Crippen molar-refractivity contribution in [2.75, 3.05) is 0 Å². The van der Waals surface area contributed by atoms with E-state index in [2.05, 4.69) is 0 Å². The second kappa shape index (κ2) is 24.5. The Labute approximate surface area is 82.3 Å². The van der Waals surface area contributed by atoms with Gasteiger partial charge in [-0.3, -0.25) is 4.79 Å². The van der Waals surface area contributed by atoms with Gasteiger partial charge in [-0.05, 0) is 0 Å². The van der Waals surface area contributed by atoms with E-state index in [0.717, 1.165) is 6.92 Å². The van der Waals surface area contributed by atoms with Crippen molar-refractivity contribution < 1.29 is 44.9 Å². The van der Waals surface area contributed by atoms with Crippen LogP contribution in [0.5, 0.6) is 0 Å². The second-order valence-electron chi connectivity index (χ2n) is 0.519. The Morgan fingerprint density at radius 2 is 1.38 bits per heavy atom. The number of carbonyl (C=O) groups is 1. The van der Waals surface area contributed by atoms with Crippen molar-refractivity contribution >= 4 is 30.8 Å². The average molecular weight is 173 g/mol. The van der Waals surface area contributed by atoms with Crippen LogP contribution in [-0.2, 0) is 4.79 Å². The van der Waals surface area contributed by atoms with Gasteiger partial charge in [0.1, 0.15) is 0 Å². The van der Waals surface area contributed by atoms with Crippen molar-refractivity contribution in [2.45, 2.75) is 6.92 Å². The first-order valence-corrected chi connectivity index (χ1v) is 0.928. The number of rotatable bonds is 0. The molecule has 0 aromatic heterocycles. The predicted octanol–water partition coefficient (Wildman–Crippen LogP) is -2.24. The van der Waals surface area contributed by atoms with Gasteiger partial charge in [0, 0.05) is 6.92 Å². The third-order valence-corrected chi connectivity index (χ3v) is 0. The van der Waals surface area contributed by atoms with E-state index in [-0.39, 0.29) is 59.8 Å². The van der Waals surface area contributed by atoms with Gasteiger partial charge >= 0.3 is 29.6 Å². The van der Waals surface area contributed by atoms with Crippen LogP contribution in [0, 0.1) is 0 Å². The number of carboxylic acids is 1. The molecule has 0 spiro atoms. The van der Waals surface area contributed by atoms with Gasteiger partial charge in [0.25, 0.3) is 5.97 Å². The number of hydrogen-bond acceptors (Lipinski definition) is 2. The molecule has 48 valence electrons. The quantitative estimate of drug-likeness (QED) is 0.421. The molecule has 0 unspecified atom stereocenters. The Bertz CT molecular complexity index is 38.3. The molecule has 0 fully saturated rings. The van der Waals surface area contributed by atoms with E-state index < -0.39 is 5.97 Å². The molecule has 0 rings (SSSR count). The Balaban J connectivity index is -0.00000000750. The zero-order valence-corrected chi connectivity index (χ0v) is 8.25. The Morgan fingerprint density at radius 1 is 1.38 bits per heavy atom. The molecule has 0 atom stereocenters. The summed E-state index contributed by atoms with van der Waals surface area (Å²) in [5.41, 5.74) is 0. The molecule has 8 heavy (non-hydrogen) atoms. The largest absolute Gasteiger partial charge is 1.00 e. The Morgan fingerprint density at radius 3 is 1.38 bits per heavy atom. The normalized spacial score (nSPS) is 3.12. The molecule has 0 saturated carbocycles. The van der Waals surface area contributed by atoms with E-state index in [1.807, 2.05) is 0 Å². The summed E-state index contributed by atoms with van der Waals surface area (Å²) in [5, 5.41) is 7.42. The Hall–Kier alpha value is 1.01. The number of carboxylic acid groups (broad SMARTS) is 1. The molecule has 0 amide bonds. The molecule has 0 aliphatic rings. The van der Waals surface area contributed by atoms with Gasteiger partial charge in [0.2, 0.25) is 0 Å². The average Bonchev–Trinajstić information content (AvgIpc) is 0.811. The number of hydrogen-bond donors (Lipinski definition) is 1. The molecule has 2 N–H and O–H groups in total. The minimum Gasteiger partial charge on any atom is -0.870 e. The molecular formula is C2H7Cl2NaO3. The summed E-state index contributed by atoms with van der Waals surface area (Å²) >= 11 is 0. The summed E-state index contributed by atoms with van der Waals surface area (Å²) in [4.78, 5) is 9.00. The zero-order chi connectivity index (χ0) is 3.58. The van der Waals surface area contributed by atoms with Crippen molar-refractivity contribution in [1.82, 2.24) is 0 Å². The first kappa shape index (κ1) is 36.0. The maximum Gasteiger partial charge on any atom is 1.00 e. The maximum atomic E-state index is 9.00. The molecule has 3 nitrogen and oxygen atoms in total. The van der Waals surface area contributed by atoms with Gasteiger partial charge < -0.3 is 10.6 Å². The summed E-state index contributed by atoms with van der Waals surface area (Å²) in [7, 11) is 0. The van der Waals surface area contributed by atoms with Crippen LogP contribution in [0.3, 0.4) is 0 Å². The standard InChI is InChI=1S/C2H4O2.2ClH.Na.H2O/c1-2(3)4;;;;/h1H3,(H,3,4);2*1H;;1H2/q;;;+1;/p-1.